The van der Waals surface area contributed by atoms with Crippen molar-refractivity contribution in [2.45, 2.75) is 22.5 Å². The van der Waals surface area contributed by atoms with Gasteiger partial charge in [-0.3, -0.25) is 0 Å². The molecule has 0 N–H and O–H groups in total. The van der Waals surface area contributed by atoms with Crippen molar-refractivity contribution in [2.24, 2.45) is 0 Å². The number of aryl methyl sites for hydroxylation is 1. The fourth-order valence-corrected chi connectivity index (χ4v) is 6.92. The van der Waals surface area contributed by atoms with Gasteiger partial charge in [-0.1, -0.05) is 18.2 Å². The average Bonchev–Trinajstić information content (AvgIpc) is 2.83. The van der Waals surface area contributed by atoms with Crippen LogP contribution in [-0.4, -0.2) is 14.2 Å². The predicted molar refractivity (Wildman–Crippen MR) is 127 cm³/mol. The zero-order valence-corrected chi connectivity index (χ0v) is 21.4. The average molecular weight is 553 g/mol. The van der Waals surface area contributed by atoms with Crippen LogP contribution in [0.1, 0.15) is 16.7 Å². The van der Waals surface area contributed by atoms with Crippen LogP contribution in [0.3, 0.4) is 0 Å². The van der Waals surface area contributed by atoms with E-state index in [0.717, 1.165) is 11.1 Å². The number of hydrogen-bond donors (Lipinski definition) is 0. The number of benzene rings is 4. The Kier molecular flexibility index (Phi) is 7.68. The fourth-order valence-electron chi connectivity index (χ4n) is 3.61. The van der Waals surface area contributed by atoms with Crippen molar-refractivity contribution in [2.75, 3.05) is 14.2 Å². The molecule has 32 heavy (non-hydrogen) atoms. The molecule has 0 amide bonds. The van der Waals surface area contributed by atoms with E-state index in [1.54, 1.807) is 26.0 Å². The van der Waals surface area contributed by atoms with E-state index in [1.807, 2.05) is 6.07 Å². The second-order valence-electron chi connectivity index (χ2n) is 7.36. The van der Waals surface area contributed by atoms with E-state index >= 15 is 0 Å². The molecule has 4 aromatic rings. The van der Waals surface area contributed by atoms with Gasteiger partial charge in [0.05, 0.1) is 0 Å². The van der Waals surface area contributed by atoms with Crippen molar-refractivity contribution in [1.29, 1.82) is 0 Å². The molecule has 0 heterocycles. The third-order valence-electron chi connectivity index (χ3n) is 5.21. The maximum atomic E-state index is 5.97. The number of hydrogen-bond acceptors (Lipinski definition) is 3. The first kappa shape index (κ1) is 23.1. The van der Waals surface area contributed by atoms with Crippen LogP contribution in [0.4, 0.5) is 0 Å². The molecule has 0 bridgehead atoms. The van der Waals surface area contributed by atoms with Gasteiger partial charge in [-0.25, -0.2) is 0 Å². The molecule has 0 aromatic heterocycles. The standard InChI is InChI=1S/C28H26IO2S/c1-21-8-7-9-25(20-21)29-24-16-12-22(13-17-24)28(30-2,31-3)23-14-18-27(19-15-23)32-26-10-5-4-6-11-26/h4-20H,1-3H3/q-1. The third kappa shape index (κ3) is 5.26. The Morgan fingerprint density at radius 1 is 0.625 bits per heavy atom. The van der Waals surface area contributed by atoms with E-state index < -0.39 is 5.79 Å². The summed E-state index contributed by atoms with van der Waals surface area (Å²) in [7, 11) is 3.40. The van der Waals surface area contributed by atoms with E-state index in [0.29, 0.717) is 0 Å². The molecule has 0 saturated carbocycles. The molecule has 0 spiro atoms. The molecule has 4 rings (SSSR count). The van der Waals surface area contributed by atoms with Gasteiger partial charge in [0, 0.05) is 0 Å². The van der Waals surface area contributed by atoms with Gasteiger partial charge >= 0.3 is 188 Å². The molecule has 4 heteroatoms. The Labute approximate surface area is 205 Å². The Bertz CT molecular complexity index is 1140. The van der Waals surface area contributed by atoms with Crippen molar-refractivity contribution in [3.63, 3.8) is 0 Å². The Hall–Kier alpha value is -2.12. The van der Waals surface area contributed by atoms with Crippen LogP contribution < -0.4 is 21.2 Å². The molecule has 0 unspecified atom stereocenters. The van der Waals surface area contributed by atoms with Crippen molar-refractivity contribution in [3.05, 3.63) is 127 Å². The van der Waals surface area contributed by atoms with Crippen molar-refractivity contribution < 1.29 is 30.7 Å². The third-order valence-corrected chi connectivity index (χ3v) is 8.86. The number of methoxy groups -OCH3 is 2. The molecule has 0 aliphatic rings. The van der Waals surface area contributed by atoms with Gasteiger partial charge in [-0.2, -0.15) is 0 Å². The summed E-state index contributed by atoms with van der Waals surface area (Å²) in [6.07, 6.45) is 0. The van der Waals surface area contributed by atoms with Crippen LogP contribution in [0.5, 0.6) is 0 Å². The molecule has 0 aliphatic carbocycles. The number of halogens is 1. The van der Waals surface area contributed by atoms with Gasteiger partial charge in [-0.15, -0.1) is 0 Å². The van der Waals surface area contributed by atoms with Crippen molar-refractivity contribution in [3.8, 4) is 0 Å². The summed E-state index contributed by atoms with van der Waals surface area (Å²) >= 11 is 1.53. The quantitative estimate of drug-likeness (QED) is 0.245. The second kappa shape index (κ2) is 10.7. The molecule has 0 fully saturated rings. The van der Waals surface area contributed by atoms with Gasteiger partial charge < -0.3 is 0 Å². The fraction of sp³-hybridized carbons (Fsp3) is 0.143. The van der Waals surface area contributed by atoms with E-state index in [4.69, 9.17) is 9.47 Å². The SMILES string of the molecule is COC(OC)(c1ccc(Sc2ccccc2)cc1)c1ccc([I-]c2cccc(C)c2)cc1. The van der Waals surface area contributed by atoms with Crippen LogP contribution in [-0.2, 0) is 15.3 Å². The molecule has 0 saturated heterocycles. The summed E-state index contributed by atoms with van der Waals surface area (Å²) < 4.78 is 14.7. The first-order valence-corrected chi connectivity index (χ1v) is 13.4. The summed E-state index contributed by atoms with van der Waals surface area (Å²) in [6, 6.07) is 36.3. The van der Waals surface area contributed by atoms with Crippen molar-refractivity contribution in [1.82, 2.24) is 0 Å². The Morgan fingerprint density at radius 3 is 1.81 bits per heavy atom. The molecular weight excluding hydrogens is 527 g/mol. The van der Waals surface area contributed by atoms with Crippen LogP contribution in [0.25, 0.3) is 0 Å². The van der Waals surface area contributed by atoms with E-state index in [2.05, 4.69) is 104 Å². The monoisotopic (exact) mass is 553 g/mol. The first-order chi connectivity index (χ1) is 15.6. The molecule has 2 nitrogen and oxygen atoms in total. The molecule has 4 aromatic carbocycles. The Morgan fingerprint density at radius 2 is 1.22 bits per heavy atom. The maximum absolute atomic E-state index is 5.97. The summed E-state index contributed by atoms with van der Waals surface area (Å²) in [5.41, 5.74) is 3.27. The first-order valence-electron chi connectivity index (χ1n) is 10.4. The number of rotatable bonds is 8. The minimum atomic E-state index is -0.934. The van der Waals surface area contributed by atoms with E-state index in [9.17, 15) is 0 Å². The Balaban J connectivity index is 1.56. The summed E-state index contributed by atoms with van der Waals surface area (Å²) in [5.74, 6) is -0.934. The van der Waals surface area contributed by atoms with Gasteiger partial charge in [0.25, 0.3) is 0 Å². The molecular formula is C28H26IO2S-. The van der Waals surface area contributed by atoms with Crippen LogP contribution in [0, 0.1) is 14.1 Å². The minimum absolute atomic E-state index is 0.216. The van der Waals surface area contributed by atoms with Gasteiger partial charge in [-0.05, 0) is 0 Å². The molecule has 164 valence electrons. The molecule has 0 aliphatic heterocycles. The van der Waals surface area contributed by atoms with Crippen LogP contribution in [0.2, 0.25) is 0 Å². The molecule has 0 atom stereocenters. The van der Waals surface area contributed by atoms with Gasteiger partial charge in [0.15, 0.2) is 0 Å². The van der Waals surface area contributed by atoms with Gasteiger partial charge in [0.1, 0.15) is 0 Å². The normalized spacial score (nSPS) is 11.6. The summed E-state index contributed by atoms with van der Waals surface area (Å²) in [4.78, 5) is 2.40. The second-order valence-corrected chi connectivity index (χ2v) is 11.5. The van der Waals surface area contributed by atoms with Crippen molar-refractivity contribution >= 4 is 11.8 Å². The van der Waals surface area contributed by atoms with Crippen LogP contribution in [0.15, 0.2) is 113 Å². The zero-order valence-electron chi connectivity index (χ0n) is 18.4. The predicted octanol–water partition coefficient (Wildman–Crippen LogP) is 3.77. The summed E-state index contributed by atoms with van der Waals surface area (Å²) in [6.45, 7) is 2.14. The summed E-state index contributed by atoms with van der Waals surface area (Å²) in [5, 5.41) is 0. The zero-order chi connectivity index (χ0) is 22.4. The van der Waals surface area contributed by atoms with Gasteiger partial charge in [0.2, 0.25) is 0 Å². The van der Waals surface area contributed by atoms with E-state index in [1.165, 1.54) is 22.5 Å². The van der Waals surface area contributed by atoms with Crippen LogP contribution >= 0.6 is 11.8 Å². The topological polar surface area (TPSA) is 18.5 Å². The van der Waals surface area contributed by atoms with E-state index in [-0.39, 0.29) is 21.2 Å². The number of ether oxygens (including phenoxy) is 2. The molecule has 0 radical (unpaired) electrons.